The number of fused-ring (bicyclic) bond motifs is 1. The van der Waals surface area contributed by atoms with Gasteiger partial charge in [-0.3, -0.25) is 9.69 Å². The van der Waals surface area contributed by atoms with Crippen LogP contribution in [-0.2, 0) is 0 Å². The molecule has 2 aliphatic rings. The number of rotatable bonds is 4. The van der Waals surface area contributed by atoms with Gasteiger partial charge in [0, 0.05) is 36.7 Å². The van der Waals surface area contributed by atoms with Gasteiger partial charge in [0.2, 0.25) is 0 Å². The number of amides is 1. The summed E-state index contributed by atoms with van der Waals surface area (Å²) in [5.41, 5.74) is 5.32. The lowest BCUT2D eigenvalue weighted by Gasteiger charge is -2.57. The molecule has 3 aromatic carbocycles. The van der Waals surface area contributed by atoms with Gasteiger partial charge in [0.1, 0.15) is 5.82 Å². The summed E-state index contributed by atoms with van der Waals surface area (Å²) in [6.45, 7) is 4.43. The number of nitrogens with zero attached hydrogens (tertiary/aromatic N) is 2. The number of aliphatic hydroxyl groups is 1. The molecule has 0 radical (unpaired) electrons. The van der Waals surface area contributed by atoms with E-state index in [9.17, 15) is 14.3 Å². The predicted octanol–water partition coefficient (Wildman–Crippen LogP) is 4.87. The highest BCUT2D eigenvalue weighted by molar-refractivity contribution is 5.94. The third-order valence-electron chi connectivity index (χ3n) is 7.43. The van der Waals surface area contributed by atoms with E-state index in [1.165, 1.54) is 34.4 Å². The number of aryl methyl sites for hydroxylation is 1. The van der Waals surface area contributed by atoms with Crippen molar-refractivity contribution in [1.82, 2.24) is 9.80 Å². The van der Waals surface area contributed by atoms with Crippen molar-refractivity contribution in [3.05, 3.63) is 95.3 Å². The van der Waals surface area contributed by atoms with Crippen molar-refractivity contribution >= 4 is 5.91 Å². The number of halogens is 1. The van der Waals surface area contributed by atoms with Gasteiger partial charge in [-0.15, -0.1) is 0 Å². The number of benzene rings is 3. The van der Waals surface area contributed by atoms with E-state index < -0.39 is 0 Å². The van der Waals surface area contributed by atoms with Crippen LogP contribution < -0.4 is 0 Å². The van der Waals surface area contributed by atoms with Crippen LogP contribution in [0.3, 0.4) is 0 Å². The van der Waals surface area contributed by atoms with Crippen LogP contribution in [0.4, 0.5) is 4.39 Å². The summed E-state index contributed by atoms with van der Waals surface area (Å²) in [5.74, 6) is -0.226. The van der Waals surface area contributed by atoms with Crippen LogP contribution in [0.2, 0.25) is 0 Å². The minimum atomic E-state index is -0.339. The minimum Gasteiger partial charge on any atom is -0.395 e. The van der Waals surface area contributed by atoms with E-state index in [0.717, 1.165) is 19.4 Å². The molecule has 2 saturated heterocycles. The molecule has 0 aromatic heterocycles. The van der Waals surface area contributed by atoms with E-state index >= 15 is 0 Å². The maximum atomic E-state index is 13.4. The second-order valence-electron chi connectivity index (χ2n) is 9.53. The molecule has 0 spiro atoms. The quantitative estimate of drug-likeness (QED) is 0.607. The zero-order valence-electron chi connectivity index (χ0n) is 19.5. The van der Waals surface area contributed by atoms with E-state index in [4.69, 9.17) is 0 Å². The SMILES string of the molecule is Cc1ccc(-c2ccc([C@@H]3[C@@H](CO)N4CCCCN(C(=O)c5ccc(F)cc5)C[C@H]34)cc2)cc1. The Morgan fingerprint density at radius 2 is 1.53 bits per heavy atom. The third-order valence-corrected chi connectivity index (χ3v) is 7.43. The molecule has 3 atom stereocenters. The molecule has 34 heavy (non-hydrogen) atoms. The molecule has 5 rings (SSSR count). The van der Waals surface area contributed by atoms with Gasteiger partial charge in [-0.2, -0.15) is 0 Å². The largest absolute Gasteiger partial charge is 0.395 e. The lowest BCUT2D eigenvalue weighted by atomic mass is 9.74. The molecule has 0 bridgehead atoms. The summed E-state index contributed by atoms with van der Waals surface area (Å²) in [4.78, 5) is 17.5. The Morgan fingerprint density at radius 1 is 0.912 bits per heavy atom. The number of carbonyl (C=O) groups excluding carboxylic acids is 1. The van der Waals surface area contributed by atoms with Gasteiger partial charge in [-0.1, -0.05) is 54.1 Å². The van der Waals surface area contributed by atoms with Crippen molar-refractivity contribution in [2.75, 3.05) is 26.2 Å². The molecule has 1 amide bonds. The van der Waals surface area contributed by atoms with Crippen LogP contribution in [-0.4, -0.2) is 59.1 Å². The maximum absolute atomic E-state index is 13.4. The van der Waals surface area contributed by atoms with Gasteiger partial charge in [-0.05, 0) is 67.3 Å². The van der Waals surface area contributed by atoms with Gasteiger partial charge < -0.3 is 10.0 Å². The monoisotopic (exact) mass is 458 g/mol. The number of hydrogen-bond acceptors (Lipinski definition) is 3. The summed E-state index contributed by atoms with van der Waals surface area (Å²) >= 11 is 0. The molecular formula is C29H31FN2O2. The van der Waals surface area contributed by atoms with Gasteiger partial charge in [0.25, 0.3) is 5.91 Å². The Bertz CT molecular complexity index is 1130. The van der Waals surface area contributed by atoms with Crippen LogP contribution in [0.1, 0.15) is 40.2 Å². The standard InChI is InChI=1S/C29H31FN2O2/c1-20-4-6-21(7-5-20)22-8-10-23(11-9-22)28-26-18-31(16-2-3-17-32(26)27(28)19-33)29(34)24-12-14-25(30)15-13-24/h4-15,26-28,33H,2-3,16-19H2,1H3/t26-,27-,28+/m1/s1. The van der Waals surface area contributed by atoms with Crippen LogP contribution >= 0.6 is 0 Å². The first-order valence-electron chi connectivity index (χ1n) is 12.1. The van der Waals surface area contributed by atoms with Crippen molar-refractivity contribution in [1.29, 1.82) is 0 Å². The molecule has 4 nitrogen and oxygen atoms in total. The normalized spacial score (nSPS) is 22.9. The number of hydrogen-bond donors (Lipinski definition) is 1. The zero-order valence-corrected chi connectivity index (χ0v) is 19.5. The topological polar surface area (TPSA) is 43.8 Å². The summed E-state index contributed by atoms with van der Waals surface area (Å²) < 4.78 is 13.4. The third kappa shape index (κ3) is 4.38. The van der Waals surface area contributed by atoms with Crippen LogP contribution in [0.25, 0.3) is 11.1 Å². The predicted molar refractivity (Wildman–Crippen MR) is 132 cm³/mol. The fraction of sp³-hybridized carbons (Fsp3) is 0.345. The summed E-state index contributed by atoms with van der Waals surface area (Å²) in [6.07, 6.45) is 1.91. The van der Waals surface area contributed by atoms with E-state index in [2.05, 4.69) is 60.4 Å². The molecular weight excluding hydrogens is 427 g/mol. The van der Waals surface area contributed by atoms with Crippen molar-refractivity contribution in [3.63, 3.8) is 0 Å². The van der Waals surface area contributed by atoms with Gasteiger partial charge in [-0.25, -0.2) is 4.39 Å². The van der Waals surface area contributed by atoms with E-state index in [0.29, 0.717) is 18.7 Å². The first kappa shape index (κ1) is 22.8. The molecule has 5 heteroatoms. The molecule has 3 aromatic rings. The van der Waals surface area contributed by atoms with Gasteiger partial charge in [0.05, 0.1) is 6.61 Å². The van der Waals surface area contributed by atoms with Gasteiger partial charge in [0.15, 0.2) is 0 Å². The molecule has 1 N–H and O–H groups in total. The fourth-order valence-corrected chi connectivity index (χ4v) is 5.54. The Morgan fingerprint density at radius 3 is 2.18 bits per heavy atom. The molecule has 2 aliphatic heterocycles. The lowest BCUT2D eigenvalue weighted by molar-refractivity contribution is -0.0606. The first-order chi connectivity index (χ1) is 16.5. The average Bonchev–Trinajstić information content (AvgIpc) is 2.84. The van der Waals surface area contributed by atoms with Crippen molar-refractivity contribution in [2.24, 2.45) is 0 Å². The fourth-order valence-electron chi connectivity index (χ4n) is 5.54. The highest BCUT2D eigenvalue weighted by atomic mass is 19.1. The van der Waals surface area contributed by atoms with E-state index in [-0.39, 0.29) is 36.3 Å². The minimum absolute atomic E-state index is 0.0530. The average molecular weight is 459 g/mol. The molecule has 0 unspecified atom stereocenters. The molecule has 2 fully saturated rings. The van der Waals surface area contributed by atoms with Crippen molar-refractivity contribution < 1.29 is 14.3 Å². The smallest absolute Gasteiger partial charge is 0.253 e. The summed E-state index contributed by atoms with van der Waals surface area (Å²) in [7, 11) is 0. The Labute approximate surface area is 200 Å². The maximum Gasteiger partial charge on any atom is 0.253 e. The van der Waals surface area contributed by atoms with Crippen LogP contribution in [0, 0.1) is 12.7 Å². The van der Waals surface area contributed by atoms with Crippen molar-refractivity contribution in [3.8, 4) is 11.1 Å². The second-order valence-corrected chi connectivity index (χ2v) is 9.53. The van der Waals surface area contributed by atoms with E-state index in [1.54, 1.807) is 12.1 Å². The molecule has 176 valence electrons. The van der Waals surface area contributed by atoms with Gasteiger partial charge >= 0.3 is 0 Å². The highest BCUT2D eigenvalue weighted by Gasteiger charge is 2.49. The molecule has 0 saturated carbocycles. The summed E-state index contributed by atoms with van der Waals surface area (Å²) in [5, 5.41) is 10.2. The van der Waals surface area contributed by atoms with Crippen LogP contribution in [0.5, 0.6) is 0 Å². The number of aliphatic hydroxyl groups excluding tert-OH is 1. The highest BCUT2D eigenvalue weighted by Crippen LogP contribution is 2.42. The molecule has 2 heterocycles. The summed E-state index contributed by atoms with van der Waals surface area (Å²) in [6, 6.07) is 23.2. The second kappa shape index (κ2) is 9.69. The number of carbonyl (C=O) groups is 1. The Hall–Kier alpha value is -3.02. The molecule has 0 aliphatic carbocycles. The Balaban J connectivity index is 1.38. The van der Waals surface area contributed by atoms with Crippen molar-refractivity contribution in [2.45, 2.75) is 37.8 Å². The lowest BCUT2D eigenvalue weighted by Crippen LogP contribution is -2.67. The first-order valence-corrected chi connectivity index (χ1v) is 12.1. The zero-order chi connectivity index (χ0) is 23.7. The van der Waals surface area contributed by atoms with E-state index in [1.807, 2.05) is 4.90 Å². The van der Waals surface area contributed by atoms with Crippen LogP contribution in [0.15, 0.2) is 72.8 Å². The Kier molecular flexibility index (Phi) is 6.48.